The molecule has 1 saturated carbocycles. The van der Waals surface area contributed by atoms with Crippen LogP contribution in [0.2, 0.25) is 0 Å². The number of benzene rings is 1. The summed E-state index contributed by atoms with van der Waals surface area (Å²) in [6, 6.07) is 10.5. The van der Waals surface area contributed by atoms with Crippen LogP contribution in [0.15, 0.2) is 41.1 Å². The van der Waals surface area contributed by atoms with Crippen LogP contribution in [0.25, 0.3) is 0 Å². The van der Waals surface area contributed by atoms with Gasteiger partial charge in [-0.25, -0.2) is 0 Å². The van der Waals surface area contributed by atoms with Crippen LogP contribution in [0, 0.1) is 11.3 Å². The fraction of sp³-hybridized carbons (Fsp3) is 0.375. The second kappa shape index (κ2) is 4.32. The van der Waals surface area contributed by atoms with Crippen molar-refractivity contribution >= 4 is 5.71 Å². The average molecular weight is 252 g/mol. The number of hydrogen-bond acceptors (Lipinski definition) is 2. The second-order valence-corrected chi connectivity index (χ2v) is 5.38. The van der Waals surface area contributed by atoms with E-state index in [0.29, 0.717) is 11.6 Å². The zero-order valence-electron chi connectivity index (χ0n) is 11.4. The minimum Gasteiger partial charge on any atom is -0.192 e. The molecule has 1 atom stereocenters. The molecule has 1 aromatic rings. The third-order valence-corrected chi connectivity index (χ3v) is 4.05. The second-order valence-electron chi connectivity index (χ2n) is 5.38. The first-order valence-electron chi connectivity index (χ1n) is 6.86. The Morgan fingerprint density at radius 1 is 1.32 bits per heavy atom. The Labute approximate surface area is 114 Å². The highest BCUT2D eigenvalue weighted by molar-refractivity contribution is 6.12. The first-order chi connectivity index (χ1) is 9.18. The maximum absolute atomic E-state index is 8.85. The molecule has 1 aliphatic carbocycles. The quantitative estimate of drug-likeness (QED) is 0.761. The molecule has 3 nitrogen and oxygen atoms in total. The van der Waals surface area contributed by atoms with Crippen LogP contribution in [0.3, 0.4) is 0 Å². The normalized spacial score (nSPS) is 25.7. The third kappa shape index (κ3) is 1.98. The molecule has 96 valence electrons. The maximum Gasteiger partial charge on any atom is 0.134 e. The van der Waals surface area contributed by atoms with Gasteiger partial charge in [-0.05, 0) is 26.0 Å². The van der Waals surface area contributed by atoms with Gasteiger partial charge < -0.3 is 0 Å². The number of quaternary nitrogens is 1. The molecule has 19 heavy (non-hydrogen) atoms. The van der Waals surface area contributed by atoms with Gasteiger partial charge in [0, 0.05) is 24.0 Å². The van der Waals surface area contributed by atoms with Crippen molar-refractivity contribution in [2.24, 2.45) is 5.10 Å². The molecule has 0 amide bonds. The minimum atomic E-state index is 0.677. The SMILES string of the molecule is CC[N+]1(C2CC2)C=C(C)C(c2ccc(C#N)cc2)=N1. The van der Waals surface area contributed by atoms with Crippen LogP contribution in [0.1, 0.15) is 37.8 Å². The van der Waals surface area contributed by atoms with Gasteiger partial charge in [-0.2, -0.15) is 9.85 Å². The Kier molecular flexibility index (Phi) is 2.76. The molecule has 0 spiro atoms. The lowest BCUT2D eigenvalue weighted by Gasteiger charge is -2.24. The number of rotatable bonds is 3. The zero-order chi connectivity index (χ0) is 13.5. The van der Waals surface area contributed by atoms with Gasteiger partial charge in [-0.15, -0.1) is 0 Å². The van der Waals surface area contributed by atoms with Crippen LogP contribution >= 0.6 is 0 Å². The highest BCUT2D eigenvalue weighted by Crippen LogP contribution is 2.39. The van der Waals surface area contributed by atoms with Crippen molar-refractivity contribution in [2.75, 3.05) is 6.54 Å². The van der Waals surface area contributed by atoms with E-state index < -0.39 is 0 Å². The molecule has 0 saturated heterocycles. The van der Waals surface area contributed by atoms with Crippen molar-refractivity contribution in [1.29, 1.82) is 5.26 Å². The molecule has 0 aromatic heterocycles. The summed E-state index contributed by atoms with van der Waals surface area (Å²) in [6.45, 7) is 5.35. The van der Waals surface area contributed by atoms with Crippen LogP contribution in [0.4, 0.5) is 0 Å². The molecule has 3 heteroatoms. The Balaban J connectivity index is 1.98. The van der Waals surface area contributed by atoms with Crippen LogP contribution < -0.4 is 0 Å². The van der Waals surface area contributed by atoms with E-state index in [9.17, 15) is 0 Å². The Bertz CT molecular complexity index is 600. The molecule has 1 heterocycles. The molecule has 1 unspecified atom stereocenters. The Morgan fingerprint density at radius 3 is 2.53 bits per heavy atom. The van der Waals surface area contributed by atoms with E-state index in [0.717, 1.165) is 22.4 Å². The van der Waals surface area contributed by atoms with E-state index in [1.807, 2.05) is 24.3 Å². The fourth-order valence-corrected chi connectivity index (χ4v) is 2.81. The molecule has 1 aliphatic heterocycles. The summed E-state index contributed by atoms with van der Waals surface area (Å²) in [6.07, 6.45) is 4.86. The van der Waals surface area contributed by atoms with Crippen molar-refractivity contribution in [2.45, 2.75) is 32.7 Å². The third-order valence-electron chi connectivity index (χ3n) is 4.05. The van der Waals surface area contributed by atoms with Gasteiger partial charge in [0.25, 0.3) is 0 Å². The summed E-state index contributed by atoms with van der Waals surface area (Å²) in [5.41, 5.74) is 4.14. The summed E-state index contributed by atoms with van der Waals surface area (Å²) < 4.78 is 0.765. The predicted molar refractivity (Wildman–Crippen MR) is 75.3 cm³/mol. The van der Waals surface area contributed by atoms with Gasteiger partial charge in [0.15, 0.2) is 0 Å². The lowest BCUT2D eigenvalue weighted by molar-refractivity contribution is -0.893. The summed E-state index contributed by atoms with van der Waals surface area (Å²) in [5.74, 6) is 0. The molecule has 2 aliphatic rings. The topological polar surface area (TPSA) is 36.1 Å². The highest BCUT2D eigenvalue weighted by atomic mass is 15.6. The molecular formula is C16H18N3+. The van der Waals surface area contributed by atoms with E-state index in [4.69, 9.17) is 10.4 Å². The molecule has 1 aromatic carbocycles. The predicted octanol–water partition coefficient (Wildman–Crippen LogP) is 3.18. The molecule has 0 bridgehead atoms. The van der Waals surface area contributed by atoms with E-state index in [1.165, 1.54) is 18.4 Å². The molecular weight excluding hydrogens is 234 g/mol. The van der Waals surface area contributed by atoms with E-state index in [1.54, 1.807) is 0 Å². The standard InChI is InChI=1S/C16H18N3/c1-3-19(15-8-9-15)11-12(2)16(18-19)14-6-4-13(10-17)5-7-14/h4-7,11,15H,3,8-9H2,1-2H3/q+1. The number of hydrogen-bond donors (Lipinski definition) is 0. The van der Waals surface area contributed by atoms with Crippen LogP contribution in [-0.4, -0.2) is 22.9 Å². The summed E-state index contributed by atoms with van der Waals surface area (Å²) in [5, 5.41) is 13.8. The largest absolute Gasteiger partial charge is 0.192 e. The van der Waals surface area contributed by atoms with Crippen molar-refractivity contribution in [3.8, 4) is 6.07 Å². The molecule has 3 rings (SSSR count). The fourth-order valence-electron chi connectivity index (χ4n) is 2.81. The van der Waals surface area contributed by atoms with Crippen molar-refractivity contribution in [3.63, 3.8) is 0 Å². The average Bonchev–Trinajstić information content (AvgIpc) is 3.24. The number of allylic oxidation sites excluding steroid dienone is 1. The first-order valence-corrected chi connectivity index (χ1v) is 6.86. The van der Waals surface area contributed by atoms with E-state index in [2.05, 4.69) is 26.1 Å². The molecule has 0 N–H and O–H groups in total. The lowest BCUT2D eigenvalue weighted by atomic mass is 10.0. The molecule has 1 fully saturated rings. The summed E-state index contributed by atoms with van der Waals surface area (Å²) in [7, 11) is 0. The van der Waals surface area contributed by atoms with Gasteiger partial charge in [0.05, 0.1) is 11.6 Å². The van der Waals surface area contributed by atoms with E-state index in [-0.39, 0.29) is 0 Å². The highest BCUT2D eigenvalue weighted by Gasteiger charge is 2.46. The van der Waals surface area contributed by atoms with Gasteiger partial charge in [0.1, 0.15) is 24.5 Å². The number of nitriles is 1. The maximum atomic E-state index is 8.85. The van der Waals surface area contributed by atoms with Gasteiger partial charge in [-0.3, -0.25) is 0 Å². The zero-order valence-corrected chi connectivity index (χ0v) is 11.4. The summed E-state index contributed by atoms with van der Waals surface area (Å²) >= 11 is 0. The van der Waals surface area contributed by atoms with Gasteiger partial charge in [-0.1, -0.05) is 17.2 Å². The van der Waals surface area contributed by atoms with Crippen molar-refractivity contribution < 1.29 is 4.59 Å². The van der Waals surface area contributed by atoms with E-state index >= 15 is 0 Å². The Morgan fingerprint density at radius 2 is 2.00 bits per heavy atom. The van der Waals surface area contributed by atoms with Crippen molar-refractivity contribution in [1.82, 2.24) is 0 Å². The first kappa shape index (κ1) is 12.1. The monoisotopic (exact) mass is 252 g/mol. The van der Waals surface area contributed by atoms with Crippen LogP contribution in [0.5, 0.6) is 0 Å². The minimum absolute atomic E-state index is 0.677. The van der Waals surface area contributed by atoms with Crippen molar-refractivity contribution in [3.05, 3.63) is 47.2 Å². The molecule has 0 radical (unpaired) electrons. The van der Waals surface area contributed by atoms with Crippen LogP contribution in [-0.2, 0) is 0 Å². The van der Waals surface area contributed by atoms with Gasteiger partial charge in [0.2, 0.25) is 0 Å². The summed E-state index contributed by atoms with van der Waals surface area (Å²) in [4.78, 5) is 0. The number of nitrogens with zero attached hydrogens (tertiary/aromatic N) is 3. The lowest BCUT2D eigenvalue weighted by Crippen LogP contribution is -2.37. The Hall–Kier alpha value is -1.92. The smallest absolute Gasteiger partial charge is 0.134 e. The van der Waals surface area contributed by atoms with Gasteiger partial charge >= 0.3 is 0 Å².